The highest BCUT2D eigenvalue weighted by Crippen LogP contribution is 2.22. The molecule has 22 heavy (non-hydrogen) atoms. The maximum atomic E-state index is 11.0. The second kappa shape index (κ2) is 7.07. The van der Waals surface area contributed by atoms with Gasteiger partial charge in [0.2, 0.25) is 0 Å². The summed E-state index contributed by atoms with van der Waals surface area (Å²) in [5, 5.41) is 0. The summed E-state index contributed by atoms with van der Waals surface area (Å²) in [5.41, 5.74) is 0.0442. The van der Waals surface area contributed by atoms with Gasteiger partial charge in [-0.2, -0.15) is 0 Å². The molecule has 0 unspecified atom stereocenters. The Balaban J connectivity index is 0.000000220. The van der Waals surface area contributed by atoms with Crippen molar-refractivity contribution in [2.45, 2.75) is 38.9 Å². The normalized spacial score (nSPS) is 20.2. The highest BCUT2D eigenvalue weighted by molar-refractivity contribution is 5.87. The highest BCUT2D eigenvalue weighted by atomic mass is 16.6. The third kappa shape index (κ3) is 5.27. The minimum atomic E-state index is -0.407. The molecular formula is C16H24O6. The van der Waals surface area contributed by atoms with Crippen molar-refractivity contribution in [3.05, 3.63) is 24.3 Å². The Bertz CT molecular complexity index is 427. The molecule has 2 rings (SSSR count). The topological polar surface area (TPSA) is 71.1 Å². The van der Waals surface area contributed by atoms with Crippen LogP contribution in [0.3, 0.4) is 0 Å². The van der Waals surface area contributed by atoms with Crippen molar-refractivity contribution in [3.8, 4) is 0 Å². The van der Waals surface area contributed by atoms with Crippen LogP contribution in [-0.4, -0.2) is 49.6 Å². The lowest BCUT2D eigenvalue weighted by molar-refractivity contribution is -0.203. The van der Waals surface area contributed by atoms with E-state index in [1.807, 2.05) is 13.8 Å². The first kappa shape index (κ1) is 18.4. The predicted octanol–water partition coefficient (Wildman–Crippen LogP) is 1.79. The Kier molecular flexibility index (Phi) is 5.91. The van der Waals surface area contributed by atoms with Crippen molar-refractivity contribution < 1.29 is 28.5 Å². The average Bonchev–Trinajstić information content (AvgIpc) is 2.35. The minimum Gasteiger partial charge on any atom is -0.451 e. The van der Waals surface area contributed by atoms with Crippen LogP contribution in [0.4, 0.5) is 0 Å². The van der Waals surface area contributed by atoms with E-state index in [2.05, 4.69) is 13.2 Å². The van der Waals surface area contributed by atoms with Gasteiger partial charge in [0, 0.05) is 11.1 Å². The second-order valence-electron chi connectivity index (χ2n) is 6.23. The average molecular weight is 312 g/mol. The third-order valence-electron chi connectivity index (χ3n) is 3.00. The van der Waals surface area contributed by atoms with Crippen LogP contribution in [0, 0.1) is 0 Å². The van der Waals surface area contributed by atoms with E-state index >= 15 is 0 Å². The number of ether oxygens (including phenoxy) is 4. The van der Waals surface area contributed by atoms with Crippen LogP contribution >= 0.6 is 0 Å². The van der Waals surface area contributed by atoms with Crippen molar-refractivity contribution in [1.29, 1.82) is 0 Å². The van der Waals surface area contributed by atoms with Crippen LogP contribution in [0.2, 0.25) is 0 Å². The lowest BCUT2D eigenvalue weighted by atomic mass is 10.1. The second-order valence-corrected chi connectivity index (χ2v) is 6.23. The van der Waals surface area contributed by atoms with E-state index in [1.165, 1.54) is 0 Å². The summed E-state index contributed by atoms with van der Waals surface area (Å²) >= 11 is 0. The molecule has 0 atom stereocenters. The Morgan fingerprint density at radius 2 is 1.09 bits per heavy atom. The maximum Gasteiger partial charge on any atom is 0.333 e. The summed E-state index contributed by atoms with van der Waals surface area (Å²) < 4.78 is 20.0. The van der Waals surface area contributed by atoms with Crippen LogP contribution in [0.5, 0.6) is 0 Å². The summed E-state index contributed by atoms with van der Waals surface area (Å²) in [4.78, 5) is 21.9. The molecule has 0 N–H and O–H groups in total. The first-order valence-electron chi connectivity index (χ1n) is 7.00. The summed E-state index contributed by atoms with van der Waals surface area (Å²) in [5.74, 6) is -0.674. The van der Waals surface area contributed by atoms with E-state index in [4.69, 9.17) is 18.9 Å². The van der Waals surface area contributed by atoms with E-state index in [0.717, 1.165) is 0 Å². The van der Waals surface area contributed by atoms with Gasteiger partial charge in [-0.15, -0.1) is 0 Å². The van der Waals surface area contributed by atoms with Crippen LogP contribution < -0.4 is 0 Å². The molecule has 0 spiro atoms. The van der Waals surface area contributed by atoms with Crippen molar-refractivity contribution in [2.75, 3.05) is 26.4 Å². The molecule has 0 aromatic carbocycles. The molecule has 2 heterocycles. The smallest absolute Gasteiger partial charge is 0.333 e. The fraction of sp³-hybridized carbons (Fsp3) is 0.625. The number of carbonyl (C=O) groups is 2. The number of carbonyl (C=O) groups excluding carboxylic acids is 2. The first-order valence-corrected chi connectivity index (χ1v) is 7.00. The van der Waals surface area contributed by atoms with Gasteiger partial charge in [0.15, 0.2) is 11.2 Å². The molecule has 2 aliphatic heterocycles. The van der Waals surface area contributed by atoms with Gasteiger partial charge in [0.25, 0.3) is 0 Å². The van der Waals surface area contributed by atoms with Gasteiger partial charge in [0.05, 0.1) is 26.4 Å². The Labute approximate surface area is 131 Å². The van der Waals surface area contributed by atoms with E-state index in [9.17, 15) is 9.59 Å². The van der Waals surface area contributed by atoms with Crippen molar-refractivity contribution in [1.82, 2.24) is 0 Å². The summed E-state index contributed by atoms with van der Waals surface area (Å²) in [6.07, 6.45) is 0. The Hall–Kier alpha value is -1.66. The molecule has 0 aromatic heterocycles. The SMILES string of the molecule is C=C(C)C(=O)OC1(C)COC1.C=C(C)C(=O)OC1(C)COC1. The number of hydrogen-bond donors (Lipinski definition) is 0. The fourth-order valence-corrected chi connectivity index (χ4v) is 1.52. The fourth-order valence-electron chi connectivity index (χ4n) is 1.52. The van der Waals surface area contributed by atoms with Crippen LogP contribution in [0.15, 0.2) is 24.3 Å². The minimum absolute atomic E-state index is 0.337. The molecule has 0 radical (unpaired) electrons. The Morgan fingerprint density at radius 3 is 1.23 bits per heavy atom. The lowest BCUT2D eigenvalue weighted by Gasteiger charge is -2.37. The van der Waals surface area contributed by atoms with E-state index in [-0.39, 0.29) is 11.9 Å². The maximum absolute atomic E-state index is 11.0. The summed E-state index contributed by atoms with van der Waals surface area (Å²) in [6, 6.07) is 0. The summed E-state index contributed by atoms with van der Waals surface area (Å²) in [7, 11) is 0. The van der Waals surface area contributed by atoms with Crippen LogP contribution in [-0.2, 0) is 28.5 Å². The summed E-state index contributed by atoms with van der Waals surface area (Å²) in [6.45, 7) is 15.9. The van der Waals surface area contributed by atoms with E-state index in [0.29, 0.717) is 37.6 Å². The van der Waals surface area contributed by atoms with Crippen molar-refractivity contribution in [3.63, 3.8) is 0 Å². The molecule has 2 aliphatic rings. The van der Waals surface area contributed by atoms with Crippen molar-refractivity contribution >= 4 is 11.9 Å². The number of hydrogen-bond acceptors (Lipinski definition) is 6. The van der Waals surface area contributed by atoms with Crippen LogP contribution in [0.25, 0.3) is 0 Å². The predicted molar refractivity (Wildman–Crippen MR) is 80.3 cm³/mol. The number of esters is 2. The molecule has 2 fully saturated rings. The van der Waals surface area contributed by atoms with Gasteiger partial charge in [-0.25, -0.2) is 9.59 Å². The molecular weight excluding hydrogens is 288 g/mol. The molecule has 2 saturated heterocycles. The van der Waals surface area contributed by atoms with Gasteiger partial charge >= 0.3 is 11.9 Å². The van der Waals surface area contributed by atoms with Gasteiger partial charge < -0.3 is 18.9 Å². The molecule has 0 saturated carbocycles. The zero-order chi connectivity index (χ0) is 17.0. The molecule has 0 aliphatic carbocycles. The molecule has 0 aromatic rings. The van der Waals surface area contributed by atoms with Gasteiger partial charge in [0.1, 0.15) is 0 Å². The Morgan fingerprint density at radius 1 is 0.818 bits per heavy atom. The monoisotopic (exact) mass is 312 g/mol. The van der Waals surface area contributed by atoms with Gasteiger partial charge in [-0.05, 0) is 27.7 Å². The quantitative estimate of drug-likeness (QED) is 0.582. The van der Waals surface area contributed by atoms with Gasteiger partial charge in [-0.3, -0.25) is 0 Å². The zero-order valence-corrected chi connectivity index (χ0v) is 13.7. The van der Waals surface area contributed by atoms with Crippen molar-refractivity contribution in [2.24, 2.45) is 0 Å². The molecule has 124 valence electrons. The van der Waals surface area contributed by atoms with Gasteiger partial charge in [-0.1, -0.05) is 13.2 Å². The number of rotatable bonds is 4. The zero-order valence-electron chi connectivity index (χ0n) is 13.7. The third-order valence-corrected chi connectivity index (χ3v) is 3.00. The molecule has 0 amide bonds. The van der Waals surface area contributed by atoms with E-state index < -0.39 is 11.2 Å². The lowest BCUT2D eigenvalue weighted by Crippen LogP contribution is -2.50. The first-order chi connectivity index (χ1) is 10.1. The molecule has 6 heteroatoms. The van der Waals surface area contributed by atoms with E-state index in [1.54, 1.807) is 13.8 Å². The molecule has 0 bridgehead atoms. The largest absolute Gasteiger partial charge is 0.451 e. The molecule has 6 nitrogen and oxygen atoms in total. The highest BCUT2D eigenvalue weighted by Gasteiger charge is 2.38. The van der Waals surface area contributed by atoms with Crippen LogP contribution in [0.1, 0.15) is 27.7 Å². The standard InChI is InChI=1S/2C8H12O3/c2*1-6(2)7(9)11-8(3)4-10-5-8/h2*1,4-5H2,2-3H3.